The lowest BCUT2D eigenvalue weighted by atomic mass is 10.2. The number of aliphatic hydroxyl groups excluding tert-OH is 1. The van der Waals surface area contributed by atoms with Crippen molar-refractivity contribution in [2.45, 2.75) is 45.9 Å². The molecule has 0 saturated carbocycles. The number of hydrogen-bond donors (Lipinski definition) is 1. The Balaban J connectivity index is 2.21. The highest BCUT2D eigenvalue weighted by Crippen LogP contribution is 2.02. The number of aliphatic hydroxyl groups is 1. The molecule has 0 spiro atoms. The van der Waals surface area contributed by atoms with E-state index in [4.69, 9.17) is 5.11 Å². The molecule has 0 aromatic carbocycles. The summed E-state index contributed by atoms with van der Waals surface area (Å²) in [5.74, 6) is 0.650. The quantitative estimate of drug-likeness (QED) is 0.702. The molecule has 1 rings (SSSR count). The van der Waals surface area contributed by atoms with Gasteiger partial charge in [-0.05, 0) is 40.3 Å². The maximum Gasteiger partial charge on any atom is 0.158 e. The minimum Gasteiger partial charge on any atom is -0.388 e. The monoisotopic (exact) mass is 226 g/mol. The molecule has 0 unspecified atom stereocenters. The fraction of sp³-hybridized carbons (Fsp3) is 0.818. The smallest absolute Gasteiger partial charge is 0.158 e. The first-order valence-electron chi connectivity index (χ1n) is 5.83. The first kappa shape index (κ1) is 13.1. The van der Waals surface area contributed by atoms with Gasteiger partial charge in [-0.1, -0.05) is 0 Å². The molecule has 0 fully saturated rings. The summed E-state index contributed by atoms with van der Waals surface area (Å²) in [5, 5.41) is 16.6. The molecular formula is C11H22N4O. The lowest BCUT2D eigenvalue weighted by molar-refractivity contribution is 0.258. The van der Waals surface area contributed by atoms with Crippen LogP contribution in [0.3, 0.4) is 0 Å². The van der Waals surface area contributed by atoms with Crippen LogP contribution in [0.25, 0.3) is 0 Å². The van der Waals surface area contributed by atoms with Crippen molar-refractivity contribution in [1.82, 2.24) is 19.7 Å². The van der Waals surface area contributed by atoms with Crippen LogP contribution in [0, 0.1) is 0 Å². The Hall–Kier alpha value is -0.940. The fourth-order valence-corrected chi connectivity index (χ4v) is 1.49. The van der Waals surface area contributed by atoms with Crippen LogP contribution in [0.1, 0.15) is 32.5 Å². The third-order valence-corrected chi connectivity index (χ3v) is 2.88. The Morgan fingerprint density at radius 3 is 2.81 bits per heavy atom. The van der Waals surface area contributed by atoms with Gasteiger partial charge in [-0.2, -0.15) is 0 Å². The maximum atomic E-state index is 8.99. The average molecular weight is 226 g/mol. The van der Waals surface area contributed by atoms with Crippen molar-refractivity contribution >= 4 is 0 Å². The summed E-state index contributed by atoms with van der Waals surface area (Å²) in [7, 11) is 2.14. The Morgan fingerprint density at radius 1 is 1.44 bits per heavy atom. The lowest BCUT2D eigenvalue weighted by Gasteiger charge is -2.20. The van der Waals surface area contributed by atoms with Gasteiger partial charge in [-0.15, -0.1) is 10.2 Å². The summed E-state index contributed by atoms with van der Waals surface area (Å²) in [4.78, 5) is 2.33. The van der Waals surface area contributed by atoms with E-state index < -0.39 is 0 Å². The van der Waals surface area contributed by atoms with Crippen molar-refractivity contribution in [3.05, 3.63) is 12.2 Å². The largest absolute Gasteiger partial charge is 0.388 e. The molecule has 0 aliphatic heterocycles. The predicted octanol–water partition coefficient (Wildman–Crippen LogP) is 0.891. The molecule has 5 heteroatoms. The highest BCUT2D eigenvalue weighted by Gasteiger charge is 2.04. The van der Waals surface area contributed by atoms with E-state index in [1.807, 2.05) is 4.57 Å². The molecule has 0 saturated heterocycles. The van der Waals surface area contributed by atoms with Crippen LogP contribution in [0.15, 0.2) is 6.33 Å². The SMILES string of the molecule is CC(C)N(C)CCCCn1cnnc1CO. The zero-order valence-corrected chi connectivity index (χ0v) is 10.4. The van der Waals surface area contributed by atoms with Crippen LogP contribution in [0.4, 0.5) is 0 Å². The van der Waals surface area contributed by atoms with Gasteiger partial charge >= 0.3 is 0 Å². The van der Waals surface area contributed by atoms with Gasteiger partial charge in [-0.3, -0.25) is 0 Å². The van der Waals surface area contributed by atoms with Crippen molar-refractivity contribution in [3.63, 3.8) is 0 Å². The van der Waals surface area contributed by atoms with E-state index in [-0.39, 0.29) is 6.61 Å². The number of nitrogens with zero attached hydrogens (tertiary/aromatic N) is 4. The molecule has 0 aliphatic rings. The minimum absolute atomic E-state index is 0.0358. The second-order valence-electron chi connectivity index (χ2n) is 4.38. The molecule has 16 heavy (non-hydrogen) atoms. The zero-order valence-electron chi connectivity index (χ0n) is 10.4. The molecule has 1 heterocycles. The molecule has 0 aliphatic carbocycles. The molecule has 1 N–H and O–H groups in total. The van der Waals surface area contributed by atoms with Crippen molar-refractivity contribution in [1.29, 1.82) is 0 Å². The molecule has 92 valence electrons. The van der Waals surface area contributed by atoms with E-state index in [0.717, 1.165) is 25.9 Å². The number of rotatable bonds is 7. The van der Waals surface area contributed by atoms with Crippen molar-refractivity contribution < 1.29 is 5.11 Å². The second kappa shape index (κ2) is 6.60. The predicted molar refractivity (Wildman–Crippen MR) is 62.9 cm³/mol. The highest BCUT2D eigenvalue weighted by atomic mass is 16.3. The number of aromatic nitrogens is 3. The Kier molecular flexibility index (Phi) is 5.42. The van der Waals surface area contributed by atoms with Gasteiger partial charge in [0, 0.05) is 12.6 Å². The first-order chi connectivity index (χ1) is 7.65. The lowest BCUT2D eigenvalue weighted by Crippen LogP contribution is -2.27. The van der Waals surface area contributed by atoms with Crippen molar-refractivity contribution in [2.24, 2.45) is 0 Å². The fourth-order valence-electron chi connectivity index (χ4n) is 1.49. The summed E-state index contributed by atoms with van der Waals surface area (Å²) in [6, 6.07) is 0.600. The first-order valence-corrected chi connectivity index (χ1v) is 5.83. The van der Waals surface area contributed by atoms with Crippen LogP contribution in [0.2, 0.25) is 0 Å². The summed E-state index contributed by atoms with van der Waals surface area (Å²) in [5.41, 5.74) is 0. The third kappa shape index (κ3) is 3.90. The molecule has 1 aromatic heterocycles. The summed E-state index contributed by atoms with van der Waals surface area (Å²) in [6.07, 6.45) is 3.91. The summed E-state index contributed by atoms with van der Waals surface area (Å²) < 4.78 is 1.91. The maximum absolute atomic E-state index is 8.99. The highest BCUT2D eigenvalue weighted by molar-refractivity contribution is 4.81. The van der Waals surface area contributed by atoms with Crippen molar-refractivity contribution in [3.8, 4) is 0 Å². The Bertz CT molecular complexity index is 298. The molecule has 0 bridgehead atoms. The average Bonchev–Trinajstić information content (AvgIpc) is 2.71. The summed E-state index contributed by atoms with van der Waals surface area (Å²) >= 11 is 0. The van der Waals surface area contributed by atoms with Crippen LogP contribution in [-0.2, 0) is 13.2 Å². The normalized spacial score (nSPS) is 11.6. The van der Waals surface area contributed by atoms with E-state index in [2.05, 4.69) is 36.0 Å². The molecule has 0 atom stereocenters. The minimum atomic E-state index is -0.0358. The summed E-state index contributed by atoms with van der Waals surface area (Å²) in [6.45, 7) is 6.35. The third-order valence-electron chi connectivity index (χ3n) is 2.88. The van der Waals surface area contributed by atoms with E-state index in [1.165, 1.54) is 0 Å². The Labute approximate surface area is 97.1 Å². The van der Waals surface area contributed by atoms with E-state index in [9.17, 15) is 0 Å². The van der Waals surface area contributed by atoms with Crippen LogP contribution < -0.4 is 0 Å². The van der Waals surface area contributed by atoms with Gasteiger partial charge in [0.2, 0.25) is 0 Å². The van der Waals surface area contributed by atoms with Crippen LogP contribution in [0.5, 0.6) is 0 Å². The second-order valence-corrected chi connectivity index (χ2v) is 4.38. The molecule has 0 amide bonds. The van der Waals surface area contributed by atoms with Gasteiger partial charge in [0.25, 0.3) is 0 Å². The molecule has 1 aromatic rings. The number of aryl methyl sites for hydroxylation is 1. The standard InChI is InChI=1S/C11H22N4O/c1-10(2)14(3)6-4-5-7-15-9-12-13-11(15)8-16/h9-10,16H,4-8H2,1-3H3. The van der Waals surface area contributed by atoms with Gasteiger partial charge in [0.05, 0.1) is 0 Å². The van der Waals surface area contributed by atoms with Gasteiger partial charge < -0.3 is 14.6 Å². The van der Waals surface area contributed by atoms with Gasteiger partial charge in [-0.25, -0.2) is 0 Å². The topological polar surface area (TPSA) is 54.2 Å². The Morgan fingerprint density at radius 2 is 2.19 bits per heavy atom. The van der Waals surface area contributed by atoms with Crippen LogP contribution in [-0.4, -0.2) is 44.4 Å². The van der Waals surface area contributed by atoms with Gasteiger partial charge in [0.1, 0.15) is 12.9 Å². The van der Waals surface area contributed by atoms with Crippen molar-refractivity contribution in [2.75, 3.05) is 13.6 Å². The molecule has 0 radical (unpaired) electrons. The molecular weight excluding hydrogens is 204 g/mol. The van der Waals surface area contributed by atoms with E-state index >= 15 is 0 Å². The van der Waals surface area contributed by atoms with E-state index in [0.29, 0.717) is 11.9 Å². The van der Waals surface area contributed by atoms with Crippen LogP contribution >= 0.6 is 0 Å². The van der Waals surface area contributed by atoms with Gasteiger partial charge in [0.15, 0.2) is 5.82 Å². The zero-order chi connectivity index (χ0) is 12.0. The number of unbranched alkanes of at least 4 members (excludes halogenated alkanes) is 1. The molecule has 5 nitrogen and oxygen atoms in total. The van der Waals surface area contributed by atoms with E-state index in [1.54, 1.807) is 6.33 Å². The number of hydrogen-bond acceptors (Lipinski definition) is 4.